The molecule has 18 heavy (non-hydrogen) atoms. The third kappa shape index (κ3) is 1.77. The van der Waals surface area contributed by atoms with E-state index in [0.717, 1.165) is 27.8 Å². The molecule has 0 bridgehead atoms. The molecule has 3 rings (SSSR count). The number of hydrogen-bond acceptors (Lipinski definition) is 4. The van der Waals surface area contributed by atoms with Gasteiger partial charge in [0.1, 0.15) is 0 Å². The average Bonchev–Trinajstić information content (AvgIpc) is 2.95. The molecule has 0 saturated carbocycles. The Morgan fingerprint density at radius 1 is 1.22 bits per heavy atom. The third-order valence-corrected chi connectivity index (χ3v) is 3.01. The number of hydrogen-bond donors (Lipinski definition) is 4. The zero-order valence-electron chi connectivity index (χ0n) is 9.99. The molecule has 3 aromatic rings. The van der Waals surface area contributed by atoms with E-state index in [9.17, 15) is 0 Å². The molecule has 6 heteroatoms. The Labute approximate surface area is 104 Å². The minimum absolute atomic E-state index is 0.687. The van der Waals surface area contributed by atoms with E-state index < -0.39 is 0 Å². The summed E-state index contributed by atoms with van der Waals surface area (Å²) in [6.07, 6.45) is 3.57. The molecule has 0 spiro atoms. The van der Waals surface area contributed by atoms with Crippen LogP contribution in [0.5, 0.6) is 0 Å². The molecule has 0 atom stereocenters. The zero-order chi connectivity index (χ0) is 12.5. The van der Waals surface area contributed by atoms with Crippen LogP contribution in [0.3, 0.4) is 0 Å². The minimum Gasteiger partial charge on any atom is -0.397 e. The summed E-state index contributed by atoms with van der Waals surface area (Å²) in [5.74, 6) is 0. The number of rotatable bonds is 3. The van der Waals surface area contributed by atoms with Gasteiger partial charge >= 0.3 is 0 Å². The molecule has 2 heterocycles. The van der Waals surface area contributed by atoms with E-state index in [4.69, 9.17) is 5.73 Å². The van der Waals surface area contributed by atoms with Gasteiger partial charge in [-0.3, -0.25) is 10.2 Å². The standard InChI is InChI=1S/C12H14N6/c1-7-9(6-15-17-7)4-14-12-3-11-8(2-10(12)13)5-16-18-11/h2-3,5-6,14H,4,13H2,1H3,(H,15,17)(H,16,18). The number of anilines is 2. The van der Waals surface area contributed by atoms with E-state index >= 15 is 0 Å². The zero-order valence-corrected chi connectivity index (χ0v) is 9.99. The summed E-state index contributed by atoms with van der Waals surface area (Å²) in [5.41, 5.74) is 10.8. The second kappa shape index (κ2) is 4.06. The van der Waals surface area contributed by atoms with Crippen molar-refractivity contribution in [3.05, 3.63) is 35.8 Å². The normalized spacial score (nSPS) is 10.9. The Hall–Kier alpha value is -2.50. The van der Waals surface area contributed by atoms with Gasteiger partial charge < -0.3 is 11.1 Å². The Balaban J connectivity index is 1.86. The van der Waals surface area contributed by atoms with Crippen molar-refractivity contribution in [2.75, 3.05) is 11.1 Å². The quantitative estimate of drug-likeness (QED) is 0.526. The van der Waals surface area contributed by atoms with Gasteiger partial charge in [-0.2, -0.15) is 10.2 Å². The van der Waals surface area contributed by atoms with Gasteiger partial charge in [0, 0.05) is 23.2 Å². The summed E-state index contributed by atoms with van der Waals surface area (Å²) in [6, 6.07) is 3.87. The van der Waals surface area contributed by atoms with Crippen molar-refractivity contribution in [1.29, 1.82) is 0 Å². The van der Waals surface area contributed by atoms with E-state index in [1.54, 1.807) is 6.20 Å². The summed E-state index contributed by atoms with van der Waals surface area (Å²) >= 11 is 0. The summed E-state index contributed by atoms with van der Waals surface area (Å²) in [4.78, 5) is 0. The molecule has 2 aromatic heterocycles. The minimum atomic E-state index is 0.687. The highest BCUT2D eigenvalue weighted by atomic mass is 15.1. The number of aromatic nitrogens is 4. The molecular formula is C12H14N6. The number of H-pyrrole nitrogens is 2. The fraction of sp³-hybridized carbons (Fsp3) is 0.167. The molecule has 0 saturated heterocycles. The monoisotopic (exact) mass is 242 g/mol. The number of fused-ring (bicyclic) bond motifs is 1. The number of benzene rings is 1. The first-order valence-electron chi connectivity index (χ1n) is 5.69. The number of aryl methyl sites for hydroxylation is 1. The van der Waals surface area contributed by atoms with Crippen molar-refractivity contribution < 1.29 is 0 Å². The maximum atomic E-state index is 6.00. The van der Waals surface area contributed by atoms with E-state index in [1.807, 2.05) is 25.3 Å². The first-order chi connectivity index (χ1) is 8.74. The predicted octanol–water partition coefficient (Wildman–Crippen LogP) is 1.79. The largest absolute Gasteiger partial charge is 0.397 e. The lowest BCUT2D eigenvalue weighted by Crippen LogP contribution is -2.02. The summed E-state index contributed by atoms with van der Waals surface area (Å²) in [7, 11) is 0. The lowest BCUT2D eigenvalue weighted by Gasteiger charge is -2.09. The van der Waals surface area contributed by atoms with Crippen molar-refractivity contribution in [3.8, 4) is 0 Å². The SMILES string of the molecule is Cc1[nH]ncc1CNc1cc2[nH]ncc2cc1N. The molecule has 0 amide bonds. The third-order valence-electron chi connectivity index (χ3n) is 3.01. The molecule has 1 aromatic carbocycles. The van der Waals surface area contributed by atoms with Crippen LogP contribution in [-0.2, 0) is 6.54 Å². The van der Waals surface area contributed by atoms with Gasteiger partial charge in [-0.15, -0.1) is 0 Å². The average molecular weight is 242 g/mol. The number of nitrogens with two attached hydrogens (primary N) is 1. The number of aromatic amines is 2. The van der Waals surface area contributed by atoms with Crippen LogP contribution >= 0.6 is 0 Å². The second-order valence-corrected chi connectivity index (χ2v) is 4.27. The lowest BCUT2D eigenvalue weighted by molar-refractivity contribution is 1.04. The summed E-state index contributed by atoms with van der Waals surface area (Å²) < 4.78 is 0. The van der Waals surface area contributed by atoms with Crippen molar-refractivity contribution >= 4 is 22.3 Å². The molecule has 0 fully saturated rings. The number of nitrogens with one attached hydrogen (secondary N) is 3. The Bertz CT molecular complexity index is 681. The van der Waals surface area contributed by atoms with E-state index in [1.165, 1.54) is 0 Å². The van der Waals surface area contributed by atoms with Crippen LogP contribution in [0.4, 0.5) is 11.4 Å². The molecule has 0 unspecified atom stereocenters. The lowest BCUT2D eigenvalue weighted by atomic mass is 10.2. The van der Waals surface area contributed by atoms with Crippen LogP contribution in [0.1, 0.15) is 11.3 Å². The number of nitrogens with zero attached hydrogens (tertiary/aromatic N) is 2. The second-order valence-electron chi connectivity index (χ2n) is 4.27. The fourth-order valence-corrected chi connectivity index (χ4v) is 1.91. The molecule has 0 aliphatic carbocycles. The molecule has 0 radical (unpaired) electrons. The maximum Gasteiger partial charge on any atom is 0.0672 e. The Morgan fingerprint density at radius 3 is 2.83 bits per heavy atom. The smallest absolute Gasteiger partial charge is 0.0672 e. The van der Waals surface area contributed by atoms with Crippen LogP contribution in [0.2, 0.25) is 0 Å². The first-order valence-corrected chi connectivity index (χ1v) is 5.69. The van der Waals surface area contributed by atoms with Gasteiger partial charge in [-0.05, 0) is 19.1 Å². The van der Waals surface area contributed by atoms with Crippen LogP contribution in [-0.4, -0.2) is 20.4 Å². The summed E-state index contributed by atoms with van der Waals surface area (Å²) in [5, 5.41) is 18.1. The van der Waals surface area contributed by atoms with Crippen molar-refractivity contribution in [1.82, 2.24) is 20.4 Å². The van der Waals surface area contributed by atoms with Gasteiger partial charge in [0.15, 0.2) is 0 Å². The molecule has 0 aliphatic heterocycles. The van der Waals surface area contributed by atoms with E-state index in [2.05, 4.69) is 25.7 Å². The van der Waals surface area contributed by atoms with Gasteiger partial charge in [0.25, 0.3) is 0 Å². The van der Waals surface area contributed by atoms with Crippen LogP contribution < -0.4 is 11.1 Å². The maximum absolute atomic E-state index is 6.00. The highest BCUT2D eigenvalue weighted by Crippen LogP contribution is 2.25. The predicted molar refractivity (Wildman–Crippen MR) is 71.2 cm³/mol. The molecular weight excluding hydrogens is 228 g/mol. The van der Waals surface area contributed by atoms with Gasteiger partial charge in [-0.1, -0.05) is 0 Å². The first kappa shape index (κ1) is 10.6. The highest BCUT2D eigenvalue weighted by molar-refractivity contribution is 5.88. The van der Waals surface area contributed by atoms with Crippen LogP contribution in [0.15, 0.2) is 24.5 Å². The van der Waals surface area contributed by atoms with E-state index in [-0.39, 0.29) is 0 Å². The molecule has 5 N–H and O–H groups in total. The topological polar surface area (TPSA) is 95.4 Å². The number of nitrogen functional groups attached to an aromatic ring is 1. The Kier molecular flexibility index (Phi) is 2.40. The molecule has 0 aliphatic rings. The summed E-state index contributed by atoms with van der Waals surface area (Å²) in [6.45, 7) is 2.68. The van der Waals surface area contributed by atoms with Crippen LogP contribution in [0.25, 0.3) is 10.9 Å². The van der Waals surface area contributed by atoms with Crippen molar-refractivity contribution in [3.63, 3.8) is 0 Å². The fourth-order valence-electron chi connectivity index (χ4n) is 1.91. The Morgan fingerprint density at radius 2 is 2.06 bits per heavy atom. The van der Waals surface area contributed by atoms with Crippen molar-refractivity contribution in [2.24, 2.45) is 0 Å². The van der Waals surface area contributed by atoms with Gasteiger partial charge in [0.05, 0.1) is 29.3 Å². The van der Waals surface area contributed by atoms with Gasteiger partial charge in [-0.25, -0.2) is 0 Å². The van der Waals surface area contributed by atoms with Crippen molar-refractivity contribution in [2.45, 2.75) is 13.5 Å². The van der Waals surface area contributed by atoms with Gasteiger partial charge in [0.2, 0.25) is 0 Å². The van der Waals surface area contributed by atoms with Crippen LogP contribution in [0, 0.1) is 6.92 Å². The highest BCUT2D eigenvalue weighted by Gasteiger charge is 2.05. The van der Waals surface area contributed by atoms with E-state index in [0.29, 0.717) is 12.2 Å². The molecule has 92 valence electrons. The molecule has 6 nitrogen and oxygen atoms in total.